The quantitative estimate of drug-likeness (QED) is 0.350. The van der Waals surface area contributed by atoms with E-state index in [9.17, 15) is 0 Å². The number of nitriles is 1. The van der Waals surface area contributed by atoms with E-state index in [0.29, 0.717) is 13.0 Å². The molecule has 29 heavy (non-hydrogen) atoms. The van der Waals surface area contributed by atoms with Gasteiger partial charge in [0.05, 0.1) is 30.9 Å². The highest BCUT2D eigenvalue weighted by atomic mass is 32.1. The predicted molar refractivity (Wildman–Crippen MR) is 117 cm³/mol. The lowest BCUT2D eigenvalue weighted by Gasteiger charge is -1.98. The molecule has 0 unspecified atom stereocenters. The Morgan fingerprint density at radius 2 is 1.79 bits per heavy atom. The molecule has 2 aromatic heterocycles. The zero-order chi connectivity index (χ0) is 19.9. The van der Waals surface area contributed by atoms with E-state index < -0.39 is 0 Å². The Morgan fingerprint density at radius 1 is 1.07 bits per heavy atom. The molecule has 0 atom stereocenters. The molecule has 4 rings (SSSR count). The summed E-state index contributed by atoms with van der Waals surface area (Å²) in [7, 11) is 0. The highest BCUT2D eigenvalue weighted by Gasteiger charge is 2.10. The van der Waals surface area contributed by atoms with Crippen LogP contribution in [0.25, 0.3) is 22.5 Å². The summed E-state index contributed by atoms with van der Waals surface area (Å²) in [6.07, 6.45) is 4.05. The zero-order valence-corrected chi connectivity index (χ0v) is 16.4. The molecule has 0 bridgehead atoms. The Balaban J connectivity index is 1.53. The first-order valence-corrected chi connectivity index (χ1v) is 10.0. The van der Waals surface area contributed by atoms with Crippen LogP contribution in [0.4, 0.5) is 5.13 Å². The summed E-state index contributed by atoms with van der Waals surface area (Å²) in [5, 5.41) is 20.5. The van der Waals surface area contributed by atoms with Gasteiger partial charge < -0.3 is 0 Å². The molecule has 142 valence electrons. The van der Waals surface area contributed by atoms with Gasteiger partial charge in [-0.1, -0.05) is 60.7 Å². The first-order valence-electron chi connectivity index (χ1n) is 9.13. The normalized spacial score (nSPS) is 10.9. The third kappa shape index (κ3) is 4.57. The Bertz CT molecular complexity index is 1140. The molecule has 6 nitrogen and oxygen atoms in total. The van der Waals surface area contributed by atoms with Gasteiger partial charge in [-0.15, -0.1) is 11.3 Å². The number of hydrogen-bond acceptors (Lipinski definition) is 6. The highest BCUT2D eigenvalue weighted by molar-refractivity contribution is 7.14. The molecule has 0 saturated heterocycles. The van der Waals surface area contributed by atoms with Crippen LogP contribution in [0, 0.1) is 11.3 Å². The fourth-order valence-electron chi connectivity index (χ4n) is 2.85. The lowest BCUT2D eigenvalue weighted by atomic mass is 10.1. The van der Waals surface area contributed by atoms with Crippen molar-refractivity contribution in [2.24, 2.45) is 5.10 Å². The molecule has 7 heteroatoms. The van der Waals surface area contributed by atoms with E-state index >= 15 is 0 Å². The van der Waals surface area contributed by atoms with Crippen molar-refractivity contribution in [3.63, 3.8) is 0 Å². The second kappa shape index (κ2) is 8.95. The van der Waals surface area contributed by atoms with E-state index in [1.807, 2.05) is 72.2 Å². The van der Waals surface area contributed by atoms with E-state index in [2.05, 4.69) is 26.7 Å². The standard InChI is InChI=1S/C22H18N6S/c23-12-7-13-28-15-19(21(27-28)18-10-5-2-6-11-18)14-24-26-22-25-20(16-29-22)17-8-3-1-4-9-17/h1-6,8-11,14-16H,7,13H2,(H,25,26)/b24-14-. The highest BCUT2D eigenvalue weighted by Crippen LogP contribution is 2.25. The lowest BCUT2D eigenvalue weighted by Crippen LogP contribution is -1.97. The monoisotopic (exact) mass is 398 g/mol. The number of rotatable bonds is 7. The van der Waals surface area contributed by atoms with E-state index in [4.69, 9.17) is 5.26 Å². The van der Waals surface area contributed by atoms with Crippen molar-refractivity contribution < 1.29 is 0 Å². The second-order valence-corrected chi connectivity index (χ2v) is 7.10. The molecule has 0 aliphatic rings. The van der Waals surface area contributed by atoms with E-state index in [1.54, 1.807) is 10.9 Å². The number of hydrazone groups is 1. The fourth-order valence-corrected chi connectivity index (χ4v) is 3.52. The van der Waals surface area contributed by atoms with Gasteiger partial charge in [0.2, 0.25) is 5.13 Å². The van der Waals surface area contributed by atoms with Gasteiger partial charge in [0, 0.05) is 28.3 Å². The summed E-state index contributed by atoms with van der Waals surface area (Å²) in [5.74, 6) is 0. The number of nitrogens with one attached hydrogen (secondary N) is 1. The maximum absolute atomic E-state index is 8.84. The maximum atomic E-state index is 8.84. The van der Waals surface area contributed by atoms with Crippen LogP contribution in [0.5, 0.6) is 0 Å². The summed E-state index contributed by atoms with van der Waals surface area (Å²) < 4.78 is 1.78. The van der Waals surface area contributed by atoms with Gasteiger partial charge in [0.1, 0.15) is 5.69 Å². The minimum Gasteiger partial charge on any atom is -0.270 e. The molecule has 2 heterocycles. The minimum absolute atomic E-state index is 0.409. The Hall–Kier alpha value is -3.76. The smallest absolute Gasteiger partial charge is 0.203 e. The first kappa shape index (κ1) is 18.6. The first-order chi connectivity index (χ1) is 14.3. The van der Waals surface area contributed by atoms with Crippen LogP contribution < -0.4 is 5.43 Å². The molecule has 0 aliphatic carbocycles. The van der Waals surface area contributed by atoms with E-state index in [0.717, 1.165) is 33.2 Å². The molecular formula is C22H18N6S. The number of aromatic nitrogens is 3. The molecule has 0 spiro atoms. The molecule has 0 aliphatic heterocycles. The van der Waals surface area contributed by atoms with Crippen molar-refractivity contribution >= 4 is 22.7 Å². The van der Waals surface area contributed by atoms with Crippen molar-refractivity contribution in [2.75, 3.05) is 5.43 Å². The van der Waals surface area contributed by atoms with Crippen molar-refractivity contribution in [1.82, 2.24) is 14.8 Å². The number of hydrogen-bond donors (Lipinski definition) is 1. The molecule has 0 radical (unpaired) electrons. The van der Waals surface area contributed by atoms with Crippen molar-refractivity contribution in [3.05, 3.63) is 77.8 Å². The van der Waals surface area contributed by atoms with Crippen LogP contribution >= 0.6 is 11.3 Å². The van der Waals surface area contributed by atoms with Crippen LogP contribution in [-0.2, 0) is 6.54 Å². The summed E-state index contributed by atoms with van der Waals surface area (Å²) in [6, 6.07) is 22.1. The number of anilines is 1. The van der Waals surface area contributed by atoms with Gasteiger partial charge in [-0.05, 0) is 0 Å². The lowest BCUT2D eigenvalue weighted by molar-refractivity contribution is 0.629. The Morgan fingerprint density at radius 3 is 2.52 bits per heavy atom. The second-order valence-electron chi connectivity index (χ2n) is 6.24. The topological polar surface area (TPSA) is 78.9 Å². The number of nitrogens with zero attached hydrogens (tertiary/aromatic N) is 5. The summed E-state index contributed by atoms with van der Waals surface area (Å²) in [5.41, 5.74) is 7.71. The predicted octanol–water partition coefficient (Wildman–Crippen LogP) is 5.03. The SMILES string of the molecule is N#CCCn1cc(/C=N\Nc2nc(-c3ccccc3)cs2)c(-c2ccccc2)n1. The van der Waals surface area contributed by atoms with Crippen LogP contribution in [0.3, 0.4) is 0 Å². The Kier molecular flexibility index (Phi) is 5.74. The number of thiazole rings is 1. The Labute approximate surface area is 172 Å². The van der Waals surface area contributed by atoms with Gasteiger partial charge in [-0.3, -0.25) is 10.1 Å². The van der Waals surface area contributed by atoms with Gasteiger partial charge >= 0.3 is 0 Å². The van der Waals surface area contributed by atoms with Crippen LogP contribution in [0.15, 0.2) is 77.3 Å². The fraction of sp³-hybridized carbons (Fsp3) is 0.0909. The van der Waals surface area contributed by atoms with Gasteiger partial charge in [-0.25, -0.2) is 4.98 Å². The van der Waals surface area contributed by atoms with Gasteiger partial charge in [0.15, 0.2) is 0 Å². The van der Waals surface area contributed by atoms with Crippen molar-refractivity contribution in [1.29, 1.82) is 5.26 Å². The zero-order valence-electron chi connectivity index (χ0n) is 15.6. The number of aryl methyl sites for hydroxylation is 1. The summed E-state index contributed by atoms with van der Waals surface area (Å²) >= 11 is 1.50. The number of benzene rings is 2. The maximum Gasteiger partial charge on any atom is 0.203 e. The molecular weight excluding hydrogens is 380 g/mol. The average molecular weight is 398 g/mol. The van der Waals surface area contributed by atoms with Gasteiger partial charge in [0.25, 0.3) is 0 Å². The van der Waals surface area contributed by atoms with Crippen LogP contribution in [0.1, 0.15) is 12.0 Å². The molecule has 0 amide bonds. The van der Waals surface area contributed by atoms with Crippen molar-refractivity contribution in [3.8, 4) is 28.6 Å². The minimum atomic E-state index is 0.409. The molecule has 0 saturated carbocycles. The van der Waals surface area contributed by atoms with Crippen LogP contribution in [-0.4, -0.2) is 21.0 Å². The third-order valence-corrected chi connectivity index (χ3v) is 4.97. The summed E-state index contributed by atoms with van der Waals surface area (Å²) in [4.78, 5) is 4.57. The largest absolute Gasteiger partial charge is 0.270 e. The third-order valence-electron chi connectivity index (χ3n) is 4.23. The average Bonchev–Trinajstić information content (AvgIpc) is 3.41. The molecule has 4 aromatic rings. The molecule has 1 N–H and O–H groups in total. The van der Waals surface area contributed by atoms with E-state index in [-0.39, 0.29) is 0 Å². The van der Waals surface area contributed by atoms with Crippen molar-refractivity contribution in [2.45, 2.75) is 13.0 Å². The molecule has 0 fully saturated rings. The van der Waals surface area contributed by atoms with Gasteiger partial charge in [-0.2, -0.15) is 15.5 Å². The van der Waals surface area contributed by atoms with Crippen LogP contribution in [0.2, 0.25) is 0 Å². The van der Waals surface area contributed by atoms with E-state index in [1.165, 1.54) is 11.3 Å². The molecule has 2 aromatic carbocycles. The summed E-state index contributed by atoms with van der Waals surface area (Å²) in [6.45, 7) is 0.546.